The topological polar surface area (TPSA) is 55.4 Å². The molecule has 23 heavy (non-hydrogen) atoms. The Labute approximate surface area is 144 Å². The number of hydrogen-bond acceptors (Lipinski definition) is 3. The van der Waals surface area contributed by atoms with Crippen LogP contribution in [-0.2, 0) is 9.53 Å². The van der Waals surface area contributed by atoms with E-state index in [-0.39, 0.29) is 18.4 Å². The smallest absolute Gasteiger partial charge is 0.338 e. The zero-order chi connectivity index (χ0) is 16.7. The van der Waals surface area contributed by atoms with Crippen molar-refractivity contribution in [3.63, 3.8) is 0 Å². The number of halogens is 1. The van der Waals surface area contributed by atoms with E-state index in [1.54, 1.807) is 24.3 Å². The molecule has 1 atom stereocenters. The van der Waals surface area contributed by atoms with Gasteiger partial charge in [0, 0.05) is 11.0 Å². The predicted molar refractivity (Wildman–Crippen MR) is 92.3 cm³/mol. The molecule has 0 fully saturated rings. The number of amides is 1. The number of ether oxygens (including phenoxy) is 1. The van der Waals surface area contributed by atoms with Crippen molar-refractivity contribution in [1.82, 2.24) is 5.32 Å². The summed E-state index contributed by atoms with van der Waals surface area (Å²) in [7, 11) is 0. The fourth-order valence-corrected chi connectivity index (χ4v) is 2.28. The molecular weight excluding hydrogens is 358 g/mol. The summed E-state index contributed by atoms with van der Waals surface area (Å²) in [6, 6.07) is 16.7. The number of carbonyl (C=O) groups excluding carboxylic acids is 2. The van der Waals surface area contributed by atoms with Crippen LogP contribution in [0.4, 0.5) is 0 Å². The minimum Gasteiger partial charge on any atom is -0.452 e. The van der Waals surface area contributed by atoms with Crippen molar-refractivity contribution >= 4 is 27.8 Å². The first-order valence-electron chi connectivity index (χ1n) is 7.30. The van der Waals surface area contributed by atoms with E-state index in [9.17, 15) is 9.59 Å². The molecule has 0 saturated carbocycles. The van der Waals surface area contributed by atoms with Crippen LogP contribution in [0, 0.1) is 0 Å². The first kappa shape index (κ1) is 17.2. The van der Waals surface area contributed by atoms with Gasteiger partial charge in [0.2, 0.25) is 0 Å². The third kappa shape index (κ3) is 5.53. The van der Waals surface area contributed by atoms with Gasteiger partial charge in [0.05, 0.1) is 5.56 Å². The monoisotopic (exact) mass is 375 g/mol. The molecule has 0 saturated heterocycles. The molecule has 2 rings (SSSR count). The van der Waals surface area contributed by atoms with Crippen molar-refractivity contribution in [2.45, 2.75) is 12.8 Å². The molecule has 5 heteroatoms. The van der Waals surface area contributed by atoms with Crippen LogP contribution in [-0.4, -0.2) is 25.0 Å². The maximum Gasteiger partial charge on any atom is 0.338 e. The average molecular weight is 376 g/mol. The van der Waals surface area contributed by atoms with Crippen molar-refractivity contribution in [2.75, 3.05) is 13.2 Å². The Morgan fingerprint density at radius 3 is 2.39 bits per heavy atom. The fraction of sp³-hybridized carbons (Fsp3) is 0.222. The minimum absolute atomic E-state index is 0.197. The second-order valence-corrected chi connectivity index (χ2v) is 6.11. The second kappa shape index (κ2) is 8.48. The van der Waals surface area contributed by atoms with Crippen molar-refractivity contribution in [3.05, 3.63) is 70.2 Å². The first-order chi connectivity index (χ1) is 11.1. The summed E-state index contributed by atoms with van der Waals surface area (Å²) in [5.74, 6) is -0.621. The third-order valence-electron chi connectivity index (χ3n) is 3.39. The largest absolute Gasteiger partial charge is 0.452 e. The molecule has 0 bridgehead atoms. The van der Waals surface area contributed by atoms with Gasteiger partial charge < -0.3 is 10.1 Å². The van der Waals surface area contributed by atoms with Gasteiger partial charge in [0.1, 0.15) is 0 Å². The molecule has 4 nitrogen and oxygen atoms in total. The maximum atomic E-state index is 11.8. The Balaban J connectivity index is 1.75. The molecule has 0 aliphatic heterocycles. The van der Waals surface area contributed by atoms with Gasteiger partial charge in [-0.2, -0.15) is 0 Å². The van der Waals surface area contributed by atoms with E-state index in [1.807, 2.05) is 37.3 Å². The molecule has 2 aromatic rings. The standard InChI is InChI=1S/C18H18BrNO3/c1-13(14-5-3-2-4-6-14)11-20-17(21)12-23-18(22)15-7-9-16(19)10-8-15/h2-10,13H,11-12H2,1H3,(H,20,21)/t13-/m1/s1. The lowest BCUT2D eigenvalue weighted by Crippen LogP contribution is -2.31. The number of hydrogen-bond donors (Lipinski definition) is 1. The van der Waals surface area contributed by atoms with Gasteiger partial charge in [-0.15, -0.1) is 0 Å². The maximum absolute atomic E-state index is 11.8. The van der Waals surface area contributed by atoms with E-state index in [0.717, 1.165) is 10.0 Å². The fourth-order valence-electron chi connectivity index (χ4n) is 2.02. The van der Waals surface area contributed by atoms with Gasteiger partial charge >= 0.3 is 5.97 Å². The lowest BCUT2D eigenvalue weighted by atomic mass is 10.0. The van der Waals surface area contributed by atoms with Crippen molar-refractivity contribution in [3.8, 4) is 0 Å². The van der Waals surface area contributed by atoms with Gasteiger partial charge in [-0.05, 0) is 35.7 Å². The normalized spacial score (nSPS) is 11.6. The van der Waals surface area contributed by atoms with Gasteiger partial charge in [0.15, 0.2) is 6.61 Å². The minimum atomic E-state index is -0.510. The molecular formula is C18H18BrNO3. The van der Waals surface area contributed by atoms with Gasteiger partial charge in [-0.1, -0.05) is 53.2 Å². The van der Waals surface area contributed by atoms with Crippen LogP contribution in [0.15, 0.2) is 59.1 Å². The average Bonchev–Trinajstić information content (AvgIpc) is 2.59. The highest BCUT2D eigenvalue weighted by molar-refractivity contribution is 9.10. The van der Waals surface area contributed by atoms with Gasteiger partial charge in [-0.3, -0.25) is 4.79 Å². The van der Waals surface area contributed by atoms with E-state index in [0.29, 0.717) is 12.1 Å². The number of esters is 1. The van der Waals surface area contributed by atoms with Crippen molar-refractivity contribution in [1.29, 1.82) is 0 Å². The molecule has 0 heterocycles. The Bertz CT molecular complexity index is 656. The number of nitrogens with one attached hydrogen (secondary N) is 1. The SMILES string of the molecule is C[C@H](CNC(=O)COC(=O)c1ccc(Br)cc1)c1ccccc1. The third-order valence-corrected chi connectivity index (χ3v) is 3.92. The van der Waals surface area contributed by atoms with Crippen LogP contribution >= 0.6 is 15.9 Å². The molecule has 0 spiro atoms. The van der Waals surface area contributed by atoms with Crippen LogP contribution in [0.25, 0.3) is 0 Å². The Morgan fingerprint density at radius 1 is 1.09 bits per heavy atom. The molecule has 1 amide bonds. The highest BCUT2D eigenvalue weighted by Gasteiger charge is 2.11. The lowest BCUT2D eigenvalue weighted by molar-refractivity contribution is -0.124. The Hall–Kier alpha value is -2.14. The molecule has 0 aliphatic rings. The van der Waals surface area contributed by atoms with Crippen LogP contribution in [0.3, 0.4) is 0 Å². The van der Waals surface area contributed by atoms with Crippen molar-refractivity contribution in [2.24, 2.45) is 0 Å². The number of carbonyl (C=O) groups is 2. The highest BCUT2D eigenvalue weighted by Crippen LogP contribution is 2.13. The summed E-state index contributed by atoms with van der Waals surface area (Å²) in [6.45, 7) is 2.25. The van der Waals surface area contributed by atoms with E-state index < -0.39 is 5.97 Å². The summed E-state index contributed by atoms with van der Waals surface area (Å²) in [5.41, 5.74) is 1.57. The van der Waals surface area contributed by atoms with Crippen LogP contribution in [0.1, 0.15) is 28.8 Å². The molecule has 2 aromatic carbocycles. The molecule has 0 radical (unpaired) electrons. The number of benzene rings is 2. The summed E-state index contributed by atoms with van der Waals surface area (Å²) >= 11 is 3.29. The lowest BCUT2D eigenvalue weighted by Gasteiger charge is -2.13. The van der Waals surface area contributed by atoms with Gasteiger partial charge in [-0.25, -0.2) is 4.79 Å². The summed E-state index contributed by atoms with van der Waals surface area (Å²) in [4.78, 5) is 23.6. The zero-order valence-electron chi connectivity index (χ0n) is 12.8. The van der Waals surface area contributed by atoms with Crippen molar-refractivity contribution < 1.29 is 14.3 Å². The van der Waals surface area contributed by atoms with Crippen LogP contribution in [0.2, 0.25) is 0 Å². The number of rotatable bonds is 6. The molecule has 0 aliphatic carbocycles. The zero-order valence-corrected chi connectivity index (χ0v) is 14.4. The summed E-state index contributed by atoms with van der Waals surface area (Å²) in [6.07, 6.45) is 0. The van der Waals surface area contributed by atoms with E-state index in [4.69, 9.17) is 4.74 Å². The molecule has 0 aromatic heterocycles. The van der Waals surface area contributed by atoms with E-state index >= 15 is 0 Å². The van der Waals surface area contributed by atoms with Crippen LogP contribution < -0.4 is 5.32 Å². The highest BCUT2D eigenvalue weighted by atomic mass is 79.9. The first-order valence-corrected chi connectivity index (χ1v) is 8.10. The quantitative estimate of drug-likeness (QED) is 0.785. The summed E-state index contributed by atoms with van der Waals surface area (Å²) < 4.78 is 5.88. The Kier molecular flexibility index (Phi) is 6.35. The Morgan fingerprint density at radius 2 is 1.74 bits per heavy atom. The van der Waals surface area contributed by atoms with E-state index in [1.165, 1.54) is 0 Å². The van der Waals surface area contributed by atoms with E-state index in [2.05, 4.69) is 21.2 Å². The molecule has 1 N–H and O–H groups in total. The molecule has 120 valence electrons. The second-order valence-electron chi connectivity index (χ2n) is 5.20. The molecule has 0 unspecified atom stereocenters. The predicted octanol–water partition coefficient (Wildman–Crippen LogP) is 3.53. The summed E-state index contributed by atoms with van der Waals surface area (Å²) in [5, 5.41) is 2.77. The van der Waals surface area contributed by atoms with Crippen LogP contribution in [0.5, 0.6) is 0 Å². The van der Waals surface area contributed by atoms with Gasteiger partial charge in [0.25, 0.3) is 5.91 Å².